The standard InChI is InChI=1S/C16H22N2O2S/c1-18(2)13(16-5-4-8-21-16)11-17-10-12-6-7-15(20-3)14(19)9-12/h4-9,13,17,19H,10-11H2,1-3H3/t13-/m0/s1. The Labute approximate surface area is 130 Å². The molecule has 0 unspecified atom stereocenters. The first-order valence-corrected chi connectivity index (χ1v) is 7.76. The molecule has 2 N–H and O–H groups in total. The summed E-state index contributed by atoms with van der Waals surface area (Å²) >= 11 is 1.77. The van der Waals surface area contributed by atoms with Crippen molar-refractivity contribution in [1.82, 2.24) is 10.2 Å². The fourth-order valence-electron chi connectivity index (χ4n) is 2.22. The lowest BCUT2D eigenvalue weighted by Crippen LogP contribution is -2.30. The minimum Gasteiger partial charge on any atom is -0.504 e. The Hall–Kier alpha value is -1.56. The van der Waals surface area contributed by atoms with Gasteiger partial charge in [-0.2, -0.15) is 0 Å². The second-order valence-electron chi connectivity index (χ2n) is 5.13. The number of aromatic hydroxyl groups is 1. The number of nitrogens with one attached hydrogen (secondary N) is 1. The van der Waals surface area contributed by atoms with Gasteiger partial charge in [0.25, 0.3) is 0 Å². The number of phenolic OH excluding ortho intramolecular Hbond substituents is 1. The number of benzene rings is 1. The molecule has 114 valence electrons. The Morgan fingerprint density at radius 3 is 2.71 bits per heavy atom. The minimum absolute atomic E-state index is 0.180. The Bertz CT molecular complexity index is 555. The molecular formula is C16H22N2O2S. The molecule has 21 heavy (non-hydrogen) atoms. The van der Waals surface area contributed by atoms with Gasteiger partial charge in [-0.1, -0.05) is 12.1 Å². The van der Waals surface area contributed by atoms with E-state index in [1.54, 1.807) is 30.6 Å². The topological polar surface area (TPSA) is 44.7 Å². The highest BCUT2D eigenvalue weighted by atomic mass is 32.1. The van der Waals surface area contributed by atoms with Crippen LogP contribution in [0.1, 0.15) is 16.5 Å². The molecule has 0 amide bonds. The van der Waals surface area contributed by atoms with Gasteiger partial charge in [0, 0.05) is 18.0 Å². The van der Waals surface area contributed by atoms with E-state index in [-0.39, 0.29) is 5.75 Å². The van der Waals surface area contributed by atoms with E-state index < -0.39 is 0 Å². The average Bonchev–Trinajstić information content (AvgIpc) is 2.97. The Morgan fingerprint density at radius 2 is 2.14 bits per heavy atom. The Balaban J connectivity index is 1.92. The molecule has 2 aromatic rings. The Morgan fingerprint density at radius 1 is 1.33 bits per heavy atom. The van der Waals surface area contributed by atoms with Crippen LogP contribution in [0.15, 0.2) is 35.7 Å². The van der Waals surface area contributed by atoms with Gasteiger partial charge in [-0.15, -0.1) is 11.3 Å². The molecule has 1 heterocycles. The number of phenols is 1. The summed E-state index contributed by atoms with van der Waals surface area (Å²) in [4.78, 5) is 3.56. The third-order valence-corrected chi connectivity index (χ3v) is 4.38. The summed E-state index contributed by atoms with van der Waals surface area (Å²) < 4.78 is 5.05. The predicted octanol–water partition coefficient (Wildman–Crippen LogP) is 2.85. The molecule has 1 aromatic carbocycles. The molecule has 0 saturated carbocycles. The van der Waals surface area contributed by atoms with Gasteiger partial charge in [0.15, 0.2) is 11.5 Å². The van der Waals surface area contributed by atoms with E-state index >= 15 is 0 Å². The highest BCUT2D eigenvalue weighted by Crippen LogP contribution is 2.26. The summed E-state index contributed by atoms with van der Waals surface area (Å²) in [7, 11) is 5.73. The quantitative estimate of drug-likeness (QED) is 0.825. The van der Waals surface area contributed by atoms with Gasteiger partial charge in [-0.05, 0) is 43.2 Å². The number of nitrogens with zero attached hydrogens (tertiary/aromatic N) is 1. The van der Waals surface area contributed by atoms with E-state index in [1.807, 2.05) is 6.07 Å². The molecule has 0 aliphatic rings. The van der Waals surface area contributed by atoms with Crippen molar-refractivity contribution in [2.45, 2.75) is 12.6 Å². The van der Waals surface area contributed by atoms with Crippen LogP contribution in [0, 0.1) is 0 Å². The smallest absolute Gasteiger partial charge is 0.160 e. The summed E-state index contributed by atoms with van der Waals surface area (Å²) in [5, 5.41) is 15.3. The van der Waals surface area contributed by atoms with Gasteiger partial charge < -0.3 is 20.1 Å². The SMILES string of the molecule is COc1ccc(CNC[C@@H](c2cccs2)N(C)C)cc1O. The lowest BCUT2D eigenvalue weighted by molar-refractivity contribution is 0.292. The second kappa shape index (κ2) is 7.45. The van der Waals surface area contributed by atoms with Crippen LogP contribution in [0.3, 0.4) is 0 Å². The van der Waals surface area contributed by atoms with E-state index in [2.05, 4.69) is 41.8 Å². The lowest BCUT2D eigenvalue weighted by Gasteiger charge is -2.23. The van der Waals surface area contributed by atoms with Gasteiger partial charge in [0.2, 0.25) is 0 Å². The van der Waals surface area contributed by atoms with Crippen molar-refractivity contribution in [2.75, 3.05) is 27.7 Å². The molecule has 1 atom stereocenters. The third kappa shape index (κ3) is 4.20. The zero-order valence-corrected chi connectivity index (χ0v) is 13.5. The van der Waals surface area contributed by atoms with Crippen molar-refractivity contribution in [1.29, 1.82) is 0 Å². The molecule has 0 fully saturated rings. The van der Waals surface area contributed by atoms with Crippen molar-refractivity contribution in [3.05, 3.63) is 46.2 Å². The zero-order chi connectivity index (χ0) is 15.2. The highest BCUT2D eigenvalue weighted by Gasteiger charge is 2.14. The van der Waals surface area contributed by atoms with Crippen LogP contribution in [0.4, 0.5) is 0 Å². The number of ether oxygens (including phenoxy) is 1. The molecular weight excluding hydrogens is 284 g/mol. The maximum absolute atomic E-state index is 9.78. The summed E-state index contributed by atoms with van der Waals surface area (Å²) in [5.41, 5.74) is 1.04. The summed E-state index contributed by atoms with van der Waals surface area (Å²) in [5.74, 6) is 0.683. The minimum atomic E-state index is 0.180. The van der Waals surface area contributed by atoms with Crippen LogP contribution < -0.4 is 10.1 Å². The maximum Gasteiger partial charge on any atom is 0.160 e. The number of thiophene rings is 1. The largest absolute Gasteiger partial charge is 0.504 e. The van der Waals surface area contributed by atoms with Crippen LogP contribution in [0.25, 0.3) is 0 Å². The summed E-state index contributed by atoms with van der Waals surface area (Å²) in [6.45, 7) is 1.58. The second-order valence-corrected chi connectivity index (χ2v) is 6.11. The first kappa shape index (κ1) is 15.8. The van der Waals surface area contributed by atoms with Crippen molar-refractivity contribution in [3.63, 3.8) is 0 Å². The molecule has 1 aromatic heterocycles. The first-order chi connectivity index (χ1) is 10.1. The zero-order valence-electron chi connectivity index (χ0n) is 12.7. The number of hydrogen-bond acceptors (Lipinski definition) is 5. The van der Waals surface area contributed by atoms with Gasteiger partial charge >= 0.3 is 0 Å². The molecule has 0 radical (unpaired) electrons. The number of rotatable bonds is 7. The number of methoxy groups -OCH3 is 1. The third-order valence-electron chi connectivity index (χ3n) is 3.41. The fourth-order valence-corrected chi connectivity index (χ4v) is 3.14. The van der Waals surface area contributed by atoms with Crippen molar-refractivity contribution in [3.8, 4) is 11.5 Å². The van der Waals surface area contributed by atoms with Crippen LogP contribution in [0.5, 0.6) is 11.5 Å². The molecule has 0 bridgehead atoms. The van der Waals surface area contributed by atoms with E-state index in [0.29, 0.717) is 18.3 Å². The first-order valence-electron chi connectivity index (χ1n) is 6.88. The van der Waals surface area contributed by atoms with Crippen molar-refractivity contribution >= 4 is 11.3 Å². The molecule has 5 heteroatoms. The van der Waals surface area contributed by atoms with E-state index in [9.17, 15) is 5.11 Å². The molecule has 0 spiro atoms. The van der Waals surface area contributed by atoms with E-state index in [4.69, 9.17) is 4.74 Å². The summed E-state index contributed by atoms with van der Waals surface area (Å²) in [6, 6.07) is 10.1. The molecule has 4 nitrogen and oxygen atoms in total. The lowest BCUT2D eigenvalue weighted by atomic mass is 10.2. The predicted molar refractivity (Wildman–Crippen MR) is 87.1 cm³/mol. The molecule has 2 rings (SSSR count). The molecule has 0 saturated heterocycles. The Kier molecular flexibility index (Phi) is 5.61. The molecule has 0 aliphatic heterocycles. The fraction of sp³-hybridized carbons (Fsp3) is 0.375. The van der Waals surface area contributed by atoms with E-state index in [0.717, 1.165) is 12.1 Å². The van der Waals surface area contributed by atoms with Crippen LogP contribution in [-0.2, 0) is 6.54 Å². The summed E-state index contributed by atoms with van der Waals surface area (Å²) in [6.07, 6.45) is 0. The number of hydrogen-bond donors (Lipinski definition) is 2. The van der Waals surface area contributed by atoms with Crippen LogP contribution in [-0.4, -0.2) is 37.8 Å². The van der Waals surface area contributed by atoms with Crippen LogP contribution >= 0.6 is 11.3 Å². The van der Waals surface area contributed by atoms with Crippen molar-refractivity contribution < 1.29 is 9.84 Å². The van der Waals surface area contributed by atoms with Gasteiger partial charge in [0.05, 0.1) is 13.2 Å². The van der Waals surface area contributed by atoms with E-state index in [1.165, 1.54) is 4.88 Å². The van der Waals surface area contributed by atoms with Gasteiger partial charge in [-0.3, -0.25) is 0 Å². The van der Waals surface area contributed by atoms with Crippen LogP contribution in [0.2, 0.25) is 0 Å². The van der Waals surface area contributed by atoms with Gasteiger partial charge in [0.1, 0.15) is 0 Å². The van der Waals surface area contributed by atoms with Gasteiger partial charge in [-0.25, -0.2) is 0 Å². The normalized spacial score (nSPS) is 12.6. The monoisotopic (exact) mass is 306 g/mol. The molecule has 0 aliphatic carbocycles. The van der Waals surface area contributed by atoms with Crippen molar-refractivity contribution in [2.24, 2.45) is 0 Å². The average molecular weight is 306 g/mol. The highest BCUT2D eigenvalue weighted by molar-refractivity contribution is 7.10. The number of likely N-dealkylation sites (N-methyl/N-ethyl adjacent to an activating group) is 1. The maximum atomic E-state index is 9.78.